The Morgan fingerprint density at radius 2 is 1.76 bits per heavy atom. The molecule has 2 unspecified atom stereocenters. The van der Waals surface area contributed by atoms with Gasteiger partial charge in [-0.2, -0.15) is 0 Å². The first-order valence-corrected chi connectivity index (χ1v) is 6.17. The van der Waals surface area contributed by atoms with Gasteiger partial charge in [-0.15, -0.1) is 0 Å². The molecular weight excluding hydrogens is 212 g/mol. The Morgan fingerprint density at radius 3 is 2.35 bits per heavy atom. The standard InChI is InChI=1S/C14H22N2O/c1-7-6-11(15)12-10(4)14(17)9(3)8(2)13(12)16(7)5/h7,11,17H,6,15H2,1-5H3. The van der Waals surface area contributed by atoms with Crippen molar-refractivity contribution in [2.75, 3.05) is 11.9 Å². The Balaban J connectivity index is 2.78. The Labute approximate surface area is 103 Å². The van der Waals surface area contributed by atoms with E-state index in [4.69, 9.17) is 5.73 Å². The van der Waals surface area contributed by atoms with Crippen molar-refractivity contribution >= 4 is 5.69 Å². The molecule has 17 heavy (non-hydrogen) atoms. The number of anilines is 1. The number of fused-ring (bicyclic) bond motifs is 1. The normalized spacial score (nSPS) is 23.8. The molecular formula is C14H22N2O. The van der Waals surface area contributed by atoms with Gasteiger partial charge in [0.05, 0.1) is 0 Å². The molecule has 2 atom stereocenters. The van der Waals surface area contributed by atoms with Crippen LogP contribution in [0.25, 0.3) is 0 Å². The summed E-state index contributed by atoms with van der Waals surface area (Å²) < 4.78 is 0. The number of aromatic hydroxyl groups is 1. The van der Waals surface area contributed by atoms with Gasteiger partial charge in [-0.3, -0.25) is 0 Å². The second-order valence-electron chi connectivity index (χ2n) is 5.29. The molecule has 1 aliphatic rings. The third-order valence-corrected chi connectivity index (χ3v) is 4.27. The molecule has 0 radical (unpaired) electrons. The minimum absolute atomic E-state index is 0.0291. The predicted octanol–water partition coefficient (Wildman–Crippen LogP) is 2.55. The first-order valence-electron chi connectivity index (χ1n) is 6.17. The quantitative estimate of drug-likeness (QED) is 0.725. The summed E-state index contributed by atoms with van der Waals surface area (Å²) in [5.41, 5.74) is 11.6. The minimum Gasteiger partial charge on any atom is -0.507 e. The maximum Gasteiger partial charge on any atom is 0.122 e. The molecule has 0 aliphatic carbocycles. The van der Waals surface area contributed by atoms with Crippen LogP contribution >= 0.6 is 0 Å². The lowest BCUT2D eigenvalue weighted by molar-refractivity contribution is 0.457. The van der Waals surface area contributed by atoms with Gasteiger partial charge < -0.3 is 15.7 Å². The highest BCUT2D eigenvalue weighted by atomic mass is 16.3. The monoisotopic (exact) mass is 234 g/mol. The summed E-state index contributed by atoms with van der Waals surface area (Å²) in [4.78, 5) is 2.29. The zero-order valence-corrected chi connectivity index (χ0v) is 11.3. The van der Waals surface area contributed by atoms with Gasteiger partial charge in [-0.1, -0.05) is 0 Å². The fourth-order valence-corrected chi connectivity index (χ4v) is 2.92. The number of phenolic OH excluding ortho intramolecular Hbond substituents is 1. The van der Waals surface area contributed by atoms with Crippen LogP contribution in [0.3, 0.4) is 0 Å². The number of nitrogens with zero attached hydrogens (tertiary/aromatic N) is 1. The van der Waals surface area contributed by atoms with E-state index in [0.717, 1.165) is 28.7 Å². The SMILES string of the molecule is Cc1c(C)c2c(c(C)c1O)C(N)CC(C)N2C. The minimum atomic E-state index is 0.0291. The number of phenols is 1. The van der Waals surface area contributed by atoms with Crippen molar-refractivity contribution in [3.05, 3.63) is 22.3 Å². The third-order valence-electron chi connectivity index (χ3n) is 4.27. The molecule has 0 spiro atoms. The summed E-state index contributed by atoms with van der Waals surface area (Å²) in [6.45, 7) is 8.19. The van der Waals surface area contributed by atoms with Crippen LogP contribution < -0.4 is 10.6 Å². The predicted molar refractivity (Wildman–Crippen MR) is 71.7 cm³/mol. The Hall–Kier alpha value is -1.22. The smallest absolute Gasteiger partial charge is 0.122 e. The molecule has 0 saturated carbocycles. The first-order chi connectivity index (χ1) is 7.86. The molecule has 3 nitrogen and oxygen atoms in total. The fourth-order valence-electron chi connectivity index (χ4n) is 2.92. The van der Waals surface area contributed by atoms with Crippen LogP contribution in [-0.2, 0) is 0 Å². The molecule has 0 bridgehead atoms. The number of hydrogen-bond donors (Lipinski definition) is 2. The average Bonchev–Trinajstić information content (AvgIpc) is 2.28. The van der Waals surface area contributed by atoms with Crippen molar-refractivity contribution in [1.29, 1.82) is 0 Å². The highest BCUT2D eigenvalue weighted by molar-refractivity contribution is 5.70. The van der Waals surface area contributed by atoms with Crippen LogP contribution in [0.15, 0.2) is 0 Å². The van der Waals surface area contributed by atoms with Crippen molar-refractivity contribution in [3.63, 3.8) is 0 Å². The van der Waals surface area contributed by atoms with Gasteiger partial charge in [0.2, 0.25) is 0 Å². The van der Waals surface area contributed by atoms with E-state index in [1.54, 1.807) is 0 Å². The van der Waals surface area contributed by atoms with E-state index in [9.17, 15) is 5.11 Å². The number of nitrogens with two attached hydrogens (primary N) is 1. The summed E-state index contributed by atoms with van der Waals surface area (Å²) >= 11 is 0. The van der Waals surface area contributed by atoms with E-state index >= 15 is 0 Å². The van der Waals surface area contributed by atoms with Crippen molar-refractivity contribution < 1.29 is 5.11 Å². The Bertz CT molecular complexity index is 468. The molecule has 0 saturated heterocycles. The van der Waals surface area contributed by atoms with Crippen molar-refractivity contribution in [2.45, 2.75) is 46.2 Å². The van der Waals surface area contributed by atoms with Crippen LogP contribution in [0.4, 0.5) is 5.69 Å². The Morgan fingerprint density at radius 1 is 1.18 bits per heavy atom. The van der Waals surface area contributed by atoms with E-state index in [-0.39, 0.29) is 6.04 Å². The lowest BCUT2D eigenvalue weighted by atomic mass is 9.85. The van der Waals surface area contributed by atoms with E-state index in [1.165, 1.54) is 5.69 Å². The Kier molecular flexibility index (Phi) is 2.82. The van der Waals surface area contributed by atoms with Gasteiger partial charge in [-0.05, 0) is 56.4 Å². The number of hydrogen-bond acceptors (Lipinski definition) is 3. The molecule has 3 N–H and O–H groups in total. The van der Waals surface area contributed by atoms with E-state index < -0.39 is 0 Å². The summed E-state index contributed by atoms with van der Waals surface area (Å²) in [5, 5.41) is 10.1. The van der Waals surface area contributed by atoms with E-state index in [0.29, 0.717) is 11.8 Å². The maximum absolute atomic E-state index is 10.1. The van der Waals surface area contributed by atoms with Crippen molar-refractivity contribution in [3.8, 4) is 5.75 Å². The lowest BCUT2D eigenvalue weighted by Crippen LogP contribution is -2.39. The molecule has 1 heterocycles. The van der Waals surface area contributed by atoms with Crippen LogP contribution in [-0.4, -0.2) is 18.2 Å². The second kappa shape index (κ2) is 3.91. The van der Waals surface area contributed by atoms with Crippen LogP contribution in [0.2, 0.25) is 0 Å². The van der Waals surface area contributed by atoms with Gasteiger partial charge in [0.25, 0.3) is 0 Å². The molecule has 0 fully saturated rings. The average molecular weight is 234 g/mol. The zero-order chi connectivity index (χ0) is 12.9. The first kappa shape index (κ1) is 12.2. The van der Waals surface area contributed by atoms with Gasteiger partial charge in [-0.25, -0.2) is 0 Å². The third kappa shape index (κ3) is 1.61. The lowest BCUT2D eigenvalue weighted by Gasteiger charge is -2.40. The van der Waals surface area contributed by atoms with Gasteiger partial charge in [0.15, 0.2) is 0 Å². The van der Waals surface area contributed by atoms with Gasteiger partial charge in [0.1, 0.15) is 5.75 Å². The molecule has 1 aromatic rings. The fraction of sp³-hybridized carbons (Fsp3) is 0.571. The molecule has 1 aromatic carbocycles. The summed E-state index contributed by atoms with van der Waals surface area (Å²) in [5.74, 6) is 0.402. The zero-order valence-electron chi connectivity index (χ0n) is 11.3. The topological polar surface area (TPSA) is 49.5 Å². The van der Waals surface area contributed by atoms with E-state index in [2.05, 4.69) is 25.8 Å². The van der Waals surface area contributed by atoms with Crippen LogP contribution in [0.5, 0.6) is 5.75 Å². The van der Waals surface area contributed by atoms with Gasteiger partial charge in [0, 0.05) is 24.8 Å². The van der Waals surface area contributed by atoms with E-state index in [1.807, 2.05) is 13.8 Å². The molecule has 94 valence electrons. The summed E-state index contributed by atoms with van der Waals surface area (Å²) in [6.07, 6.45) is 0.937. The second-order valence-corrected chi connectivity index (χ2v) is 5.29. The highest BCUT2D eigenvalue weighted by Crippen LogP contribution is 2.44. The summed E-state index contributed by atoms with van der Waals surface area (Å²) in [6, 6.07) is 0.473. The van der Waals surface area contributed by atoms with Crippen LogP contribution in [0.1, 0.15) is 41.6 Å². The molecule has 3 heteroatoms. The number of rotatable bonds is 0. The van der Waals surface area contributed by atoms with Gasteiger partial charge >= 0.3 is 0 Å². The number of benzene rings is 1. The summed E-state index contributed by atoms with van der Waals surface area (Å²) in [7, 11) is 2.11. The molecule has 1 aliphatic heterocycles. The molecule has 2 rings (SSSR count). The van der Waals surface area contributed by atoms with Crippen molar-refractivity contribution in [2.24, 2.45) is 5.73 Å². The van der Waals surface area contributed by atoms with Crippen molar-refractivity contribution in [1.82, 2.24) is 0 Å². The van der Waals surface area contributed by atoms with Crippen LogP contribution in [0, 0.1) is 20.8 Å². The molecule has 0 aromatic heterocycles. The molecule has 0 amide bonds. The maximum atomic E-state index is 10.1. The largest absolute Gasteiger partial charge is 0.507 e. The highest BCUT2D eigenvalue weighted by Gasteiger charge is 2.30.